The molecule has 4 aliphatic rings. The van der Waals surface area contributed by atoms with Crippen molar-refractivity contribution in [2.75, 3.05) is 19.8 Å². The third kappa shape index (κ3) is 3.53. The molecule has 1 spiro atoms. The summed E-state index contributed by atoms with van der Waals surface area (Å²) in [6.45, 7) is 8.15. The van der Waals surface area contributed by atoms with Crippen LogP contribution >= 0.6 is 0 Å². The van der Waals surface area contributed by atoms with Crippen LogP contribution in [0.3, 0.4) is 0 Å². The van der Waals surface area contributed by atoms with Gasteiger partial charge < -0.3 is 24.4 Å². The van der Waals surface area contributed by atoms with Crippen LogP contribution in [0.5, 0.6) is 0 Å². The lowest BCUT2D eigenvalue weighted by Crippen LogP contribution is -2.59. The van der Waals surface area contributed by atoms with Crippen LogP contribution in [0.25, 0.3) is 0 Å². The number of aliphatic hydroxyl groups excluding tert-OH is 1. The van der Waals surface area contributed by atoms with Gasteiger partial charge in [-0.1, -0.05) is 44.6 Å². The Kier molecular flexibility index (Phi) is 6.44. The van der Waals surface area contributed by atoms with Gasteiger partial charge in [0, 0.05) is 12.6 Å². The SMILES string of the molecule is CCCC(C)N1CC=C[C@]23O[C@@]4(C)C=CCCOC(=O)[C@H]4[C@H]2C(=O)N([C@@H](CC)CO)C3C1=O. The number of ether oxygens (including phenoxy) is 2. The number of cyclic esters (lactones) is 1. The molecule has 2 unspecified atom stereocenters. The van der Waals surface area contributed by atoms with Crippen molar-refractivity contribution in [1.29, 1.82) is 0 Å². The molecule has 8 heteroatoms. The maximum absolute atomic E-state index is 14.1. The van der Waals surface area contributed by atoms with E-state index in [-0.39, 0.29) is 31.1 Å². The van der Waals surface area contributed by atoms with E-state index in [0.717, 1.165) is 12.8 Å². The number of fused-ring (bicyclic) bond motifs is 2. The lowest BCUT2D eigenvalue weighted by Gasteiger charge is -2.41. The summed E-state index contributed by atoms with van der Waals surface area (Å²) in [6, 6.07) is -1.50. The van der Waals surface area contributed by atoms with Crippen LogP contribution in [0.2, 0.25) is 0 Å². The van der Waals surface area contributed by atoms with Crippen molar-refractivity contribution < 1.29 is 29.0 Å². The van der Waals surface area contributed by atoms with Gasteiger partial charge in [0.1, 0.15) is 17.6 Å². The van der Waals surface area contributed by atoms with E-state index in [0.29, 0.717) is 19.4 Å². The van der Waals surface area contributed by atoms with Gasteiger partial charge in [-0.3, -0.25) is 14.4 Å². The zero-order chi connectivity index (χ0) is 24.0. The largest absolute Gasteiger partial charge is 0.465 e. The number of rotatable bonds is 6. The molecule has 0 aromatic heterocycles. The second-order valence-electron chi connectivity index (χ2n) is 9.88. The highest BCUT2D eigenvalue weighted by atomic mass is 16.6. The van der Waals surface area contributed by atoms with Crippen molar-refractivity contribution >= 4 is 17.8 Å². The second-order valence-corrected chi connectivity index (χ2v) is 9.88. The lowest BCUT2D eigenvalue weighted by molar-refractivity contribution is -0.162. The zero-order valence-electron chi connectivity index (χ0n) is 20.0. The molecule has 0 aliphatic carbocycles. The number of esters is 1. The van der Waals surface area contributed by atoms with Crippen LogP contribution < -0.4 is 0 Å². The summed E-state index contributed by atoms with van der Waals surface area (Å²) in [7, 11) is 0. The molecule has 7 atom stereocenters. The summed E-state index contributed by atoms with van der Waals surface area (Å²) in [4.78, 5) is 44.6. The van der Waals surface area contributed by atoms with Crippen molar-refractivity contribution in [1.82, 2.24) is 9.80 Å². The Bertz CT molecular complexity index is 867. The Balaban J connectivity index is 1.88. The molecule has 2 saturated heterocycles. The minimum atomic E-state index is -1.30. The predicted octanol–water partition coefficient (Wildman–Crippen LogP) is 1.82. The molecular formula is C25H36N2O6. The average Bonchev–Trinajstić information content (AvgIpc) is 3.09. The first kappa shape index (κ1) is 24.0. The number of carbonyl (C=O) groups excluding carboxylic acids is 3. The molecule has 0 bridgehead atoms. The minimum Gasteiger partial charge on any atom is -0.465 e. The molecule has 0 aromatic rings. The maximum atomic E-state index is 14.1. The van der Waals surface area contributed by atoms with Crippen LogP contribution in [0.1, 0.15) is 53.4 Å². The molecule has 182 valence electrons. The van der Waals surface area contributed by atoms with Gasteiger partial charge >= 0.3 is 5.97 Å². The van der Waals surface area contributed by atoms with Crippen molar-refractivity contribution in [2.45, 2.75) is 82.7 Å². The first-order chi connectivity index (χ1) is 15.8. The van der Waals surface area contributed by atoms with E-state index >= 15 is 0 Å². The van der Waals surface area contributed by atoms with E-state index < -0.39 is 41.1 Å². The van der Waals surface area contributed by atoms with Crippen LogP contribution in [-0.2, 0) is 23.9 Å². The summed E-state index contributed by atoms with van der Waals surface area (Å²) >= 11 is 0. The Morgan fingerprint density at radius 3 is 2.58 bits per heavy atom. The van der Waals surface area contributed by atoms with Gasteiger partial charge in [0.2, 0.25) is 11.8 Å². The van der Waals surface area contributed by atoms with Gasteiger partial charge in [0.05, 0.1) is 30.8 Å². The van der Waals surface area contributed by atoms with E-state index in [1.54, 1.807) is 11.8 Å². The highest BCUT2D eigenvalue weighted by Gasteiger charge is 2.75. The van der Waals surface area contributed by atoms with E-state index in [2.05, 4.69) is 6.92 Å². The smallest absolute Gasteiger partial charge is 0.313 e. The molecule has 4 heterocycles. The number of hydrogen-bond donors (Lipinski definition) is 1. The van der Waals surface area contributed by atoms with Crippen LogP contribution in [0, 0.1) is 11.8 Å². The lowest BCUT2D eigenvalue weighted by atomic mass is 9.74. The fourth-order valence-corrected chi connectivity index (χ4v) is 6.22. The predicted molar refractivity (Wildman–Crippen MR) is 121 cm³/mol. The molecular weight excluding hydrogens is 424 g/mol. The van der Waals surface area contributed by atoms with Crippen molar-refractivity contribution in [3.8, 4) is 0 Å². The molecule has 8 nitrogen and oxygen atoms in total. The number of likely N-dealkylation sites (tertiary alicyclic amines) is 1. The minimum absolute atomic E-state index is 0.0111. The first-order valence-corrected chi connectivity index (χ1v) is 12.2. The quantitative estimate of drug-likeness (QED) is 0.480. The van der Waals surface area contributed by atoms with Gasteiger partial charge in [0.25, 0.3) is 0 Å². The van der Waals surface area contributed by atoms with Crippen molar-refractivity contribution in [2.24, 2.45) is 11.8 Å². The Labute approximate surface area is 195 Å². The van der Waals surface area contributed by atoms with E-state index in [1.807, 2.05) is 38.2 Å². The normalized spacial score (nSPS) is 37.6. The Morgan fingerprint density at radius 1 is 1.15 bits per heavy atom. The molecule has 0 saturated carbocycles. The van der Waals surface area contributed by atoms with E-state index in [4.69, 9.17) is 9.47 Å². The number of carbonyl (C=O) groups is 3. The highest BCUT2D eigenvalue weighted by molar-refractivity contribution is 5.99. The second kappa shape index (κ2) is 8.87. The number of hydrogen-bond acceptors (Lipinski definition) is 6. The fraction of sp³-hybridized carbons (Fsp3) is 0.720. The van der Waals surface area contributed by atoms with Gasteiger partial charge in [-0.25, -0.2) is 0 Å². The zero-order valence-corrected chi connectivity index (χ0v) is 20.0. The van der Waals surface area contributed by atoms with Crippen LogP contribution in [0.4, 0.5) is 0 Å². The summed E-state index contributed by atoms with van der Waals surface area (Å²) in [6.07, 6.45) is 10.3. The van der Waals surface area contributed by atoms with Gasteiger partial charge in [-0.2, -0.15) is 0 Å². The monoisotopic (exact) mass is 460 g/mol. The topological polar surface area (TPSA) is 96.4 Å². The third-order valence-corrected chi connectivity index (χ3v) is 7.80. The van der Waals surface area contributed by atoms with E-state index in [9.17, 15) is 19.5 Å². The fourth-order valence-electron chi connectivity index (χ4n) is 6.22. The number of amides is 2. The van der Waals surface area contributed by atoms with Crippen molar-refractivity contribution in [3.63, 3.8) is 0 Å². The number of nitrogens with zero attached hydrogens (tertiary/aromatic N) is 2. The van der Waals surface area contributed by atoms with Gasteiger partial charge in [-0.15, -0.1) is 0 Å². The van der Waals surface area contributed by atoms with Crippen LogP contribution in [0.15, 0.2) is 24.3 Å². The van der Waals surface area contributed by atoms with Gasteiger partial charge in [-0.05, 0) is 33.1 Å². The molecule has 33 heavy (non-hydrogen) atoms. The standard InChI is InChI=1S/C25H36N2O6/c1-5-10-16(3)26-13-9-12-25-18(19-23(31)32-14-8-7-11-24(19,4)33-25)21(29)27(17(6-2)15-28)20(25)22(26)30/h7,9,11-12,16-20,28H,5-6,8,10,13-15H2,1-4H3/t16?,17-,18-,19+,20?,24-,25-/m0/s1. The highest BCUT2D eigenvalue weighted by Crippen LogP contribution is 2.57. The molecule has 0 radical (unpaired) electrons. The number of aliphatic hydroxyl groups is 1. The Morgan fingerprint density at radius 2 is 1.91 bits per heavy atom. The average molecular weight is 461 g/mol. The van der Waals surface area contributed by atoms with Crippen LogP contribution in [-0.4, -0.2) is 81.8 Å². The molecule has 4 rings (SSSR count). The van der Waals surface area contributed by atoms with Crippen molar-refractivity contribution in [3.05, 3.63) is 24.3 Å². The van der Waals surface area contributed by atoms with E-state index in [1.165, 1.54) is 4.90 Å². The maximum Gasteiger partial charge on any atom is 0.313 e. The summed E-state index contributed by atoms with van der Waals surface area (Å²) < 4.78 is 12.2. The molecule has 2 amide bonds. The third-order valence-electron chi connectivity index (χ3n) is 7.80. The summed E-state index contributed by atoms with van der Waals surface area (Å²) in [5.41, 5.74) is -2.37. The summed E-state index contributed by atoms with van der Waals surface area (Å²) in [5.74, 6) is -2.77. The summed E-state index contributed by atoms with van der Waals surface area (Å²) in [5, 5.41) is 10.1. The molecule has 4 aliphatic heterocycles. The molecule has 0 aromatic carbocycles. The Hall–Kier alpha value is -2.19. The van der Waals surface area contributed by atoms with Gasteiger partial charge in [0.15, 0.2) is 0 Å². The molecule has 1 N–H and O–H groups in total. The first-order valence-electron chi connectivity index (χ1n) is 12.2. The molecule has 2 fully saturated rings.